The van der Waals surface area contributed by atoms with Gasteiger partial charge in [-0.2, -0.15) is 11.3 Å². The van der Waals surface area contributed by atoms with Crippen molar-refractivity contribution in [2.24, 2.45) is 0 Å². The fourth-order valence-electron chi connectivity index (χ4n) is 3.81. The van der Waals surface area contributed by atoms with E-state index in [1.54, 1.807) is 11.3 Å². The van der Waals surface area contributed by atoms with Crippen LogP contribution in [0.5, 0.6) is 0 Å². The van der Waals surface area contributed by atoms with Gasteiger partial charge < -0.3 is 15.5 Å². The SMILES string of the molecule is C[C@@H](Cc1ccsc1)NC(=O)NC[C@@]1(N(C)C)CCc2ccccc2C1. The van der Waals surface area contributed by atoms with Gasteiger partial charge in [0.25, 0.3) is 0 Å². The predicted molar refractivity (Wildman–Crippen MR) is 109 cm³/mol. The first-order chi connectivity index (χ1) is 12.5. The first-order valence-corrected chi connectivity index (χ1v) is 10.2. The number of rotatable bonds is 6. The van der Waals surface area contributed by atoms with Crippen LogP contribution in [0, 0.1) is 0 Å². The summed E-state index contributed by atoms with van der Waals surface area (Å²) in [5.41, 5.74) is 4.10. The third-order valence-corrected chi connectivity index (χ3v) is 6.26. The first-order valence-electron chi connectivity index (χ1n) is 9.28. The summed E-state index contributed by atoms with van der Waals surface area (Å²) in [6, 6.07) is 10.8. The molecule has 0 unspecified atom stereocenters. The van der Waals surface area contributed by atoms with E-state index in [0.29, 0.717) is 6.54 Å². The average molecular weight is 372 g/mol. The number of aryl methyl sites for hydroxylation is 1. The fraction of sp³-hybridized carbons (Fsp3) is 0.476. The number of carbonyl (C=O) groups is 1. The van der Waals surface area contributed by atoms with E-state index in [-0.39, 0.29) is 17.6 Å². The molecule has 0 radical (unpaired) electrons. The first kappa shape index (κ1) is 18.9. The van der Waals surface area contributed by atoms with Crippen LogP contribution in [0.15, 0.2) is 41.1 Å². The normalized spacial score (nSPS) is 20.5. The minimum atomic E-state index is -0.0761. The second-order valence-electron chi connectivity index (χ2n) is 7.63. The van der Waals surface area contributed by atoms with Gasteiger partial charge in [0.05, 0.1) is 0 Å². The molecule has 1 heterocycles. The third kappa shape index (κ3) is 4.46. The number of urea groups is 1. The van der Waals surface area contributed by atoms with Crippen molar-refractivity contribution in [3.05, 3.63) is 57.8 Å². The molecule has 1 aromatic heterocycles. The fourth-order valence-corrected chi connectivity index (χ4v) is 4.49. The lowest BCUT2D eigenvalue weighted by Crippen LogP contribution is -2.57. The smallest absolute Gasteiger partial charge is 0.315 e. The Morgan fingerprint density at radius 3 is 2.73 bits per heavy atom. The standard InChI is InChI=1S/C21H29N3OS/c1-16(12-17-9-11-26-14-17)23-20(25)22-15-21(24(2)3)10-8-18-6-4-5-7-19(18)13-21/h4-7,9,11,14,16H,8,10,12-13,15H2,1-3H3,(H2,22,23,25)/t16-,21+/m0/s1. The summed E-state index contributed by atoms with van der Waals surface area (Å²) in [6.45, 7) is 2.71. The highest BCUT2D eigenvalue weighted by Gasteiger charge is 2.36. The number of carbonyl (C=O) groups excluding carboxylic acids is 1. The Balaban J connectivity index is 1.56. The minimum Gasteiger partial charge on any atom is -0.336 e. The molecule has 2 atom stereocenters. The highest BCUT2D eigenvalue weighted by Crippen LogP contribution is 2.31. The zero-order valence-electron chi connectivity index (χ0n) is 15.9. The Bertz CT molecular complexity index is 729. The highest BCUT2D eigenvalue weighted by molar-refractivity contribution is 7.07. The van der Waals surface area contributed by atoms with Crippen molar-refractivity contribution in [3.63, 3.8) is 0 Å². The van der Waals surface area contributed by atoms with Gasteiger partial charge in [-0.15, -0.1) is 0 Å². The molecule has 0 bridgehead atoms. The maximum atomic E-state index is 12.4. The summed E-state index contributed by atoms with van der Waals surface area (Å²) in [4.78, 5) is 14.7. The van der Waals surface area contributed by atoms with Crippen molar-refractivity contribution in [2.45, 2.75) is 44.2 Å². The molecule has 2 N–H and O–H groups in total. The molecule has 3 rings (SSSR count). The molecule has 2 aromatic rings. The minimum absolute atomic E-state index is 0.0255. The Kier molecular flexibility index (Phi) is 5.99. The summed E-state index contributed by atoms with van der Waals surface area (Å²) in [5, 5.41) is 10.4. The van der Waals surface area contributed by atoms with E-state index < -0.39 is 0 Å². The van der Waals surface area contributed by atoms with Crippen molar-refractivity contribution >= 4 is 17.4 Å². The molecule has 140 valence electrons. The molecule has 0 aliphatic heterocycles. The number of hydrogen-bond donors (Lipinski definition) is 2. The number of likely N-dealkylation sites (N-methyl/N-ethyl adjacent to an activating group) is 1. The molecule has 26 heavy (non-hydrogen) atoms. The van der Waals surface area contributed by atoms with E-state index in [0.717, 1.165) is 25.7 Å². The van der Waals surface area contributed by atoms with E-state index in [2.05, 4.69) is 77.6 Å². The molecule has 0 saturated heterocycles. The number of nitrogens with zero attached hydrogens (tertiary/aromatic N) is 1. The number of benzene rings is 1. The van der Waals surface area contributed by atoms with Crippen molar-refractivity contribution < 1.29 is 4.79 Å². The van der Waals surface area contributed by atoms with Gasteiger partial charge >= 0.3 is 6.03 Å². The van der Waals surface area contributed by atoms with Crippen LogP contribution >= 0.6 is 11.3 Å². The van der Waals surface area contributed by atoms with Crippen molar-refractivity contribution in [1.82, 2.24) is 15.5 Å². The predicted octanol–water partition coefficient (Wildman–Crippen LogP) is 3.47. The second kappa shape index (κ2) is 8.23. The molecule has 5 heteroatoms. The quantitative estimate of drug-likeness (QED) is 0.817. The van der Waals surface area contributed by atoms with Gasteiger partial charge in [-0.05, 0) is 80.2 Å². The molecule has 1 aliphatic rings. The van der Waals surface area contributed by atoms with Gasteiger partial charge in [-0.3, -0.25) is 0 Å². The van der Waals surface area contributed by atoms with Crippen molar-refractivity contribution in [2.75, 3.05) is 20.6 Å². The highest BCUT2D eigenvalue weighted by atomic mass is 32.1. The molecule has 4 nitrogen and oxygen atoms in total. The number of thiophene rings is 1. The average Bonchev–Trinajstić information content (AvgIpc) is 3.12. The van der Waals surface area contributed by atoms with Crippen molar-refractivity contribution in [3.8, 4) is 0 Å². The van der Waals surface area contributed by atoms with Crippen LogP contribution in [0.4, 0.5) is 4.79 Å². The third-order valence-electron chi connectivity index (χ3n) is 5.52. The van der Waals surface area contributed by atoms with Gasteiger partial charge in [0.2, 0.25) is 0 Å². The number of fused-ring (bicyclic) bond motifs is 1. The Morgan fingerprint density at radius 1 is 1.27 bits per heavy atom. The molecular formula is C21H29N3OS. The second-order valence-corrected chi connectivity index (χ2v) is 8.41. The van der Waals surface area contributed by atoms with Gasteiger partial charge in [0.15, 0.2) is 0 Å². The summed E-state index contributed by atoms with van der Waals surface area (Å²) in [7, 11) is 4.24. The van der Waals surface area contributed by atoms with Crippen LogP contribution in [0.1, 0.15) is 30.0 Å². The molecule has 0 fully saturated rings. The maximum absolute atomic E-state index is 12.4. The summed E-state index contributed by atoms with van der Waals surface area (Å²) in [5.74, 6) is 0. The summed E-state index contributed by atoms with van der Waals surface area (Å²) >= 11 is 1.69. The molecule has 0 saturated carbocycles. The Morgan fingerprint density at radius 2 is 2.04 bits per heavy atom. The maximum Gasteiger partial charge on any atom is 0.315 e. The Hall–Kier alpha value is -1.85. The molecular weight excluding hydrogens is 342 g/mol. The van der Waals surface area contributed by atoms with Gasteiger partial charge in [0, 0.05) is 18.1 Å². The van der Waals surface area contributed by atoms with Crippen LogP contribution in [-0.2, 0) is 19.3 Å². The largest absolute Gasteiger partial charge is 0.336 e. The number of nitrogens with one attached hydrogen (secondary N) is 2. The van der Waals surface area contributed by atoms with Crippen LogP contribution < -0.4 is 10.6 Å². The topological polar surface area (TPSA) is 44.4 Å². The zero-order valence-corrected chi connectivity index (χ0v) is 16.7. The summed E-state index contributed by atoms with van der Waals surface area (Å²) < 4.78 is 0. The van der Waals surface area contributed by atoms with E-state index >= 15 is 0 Å². The van der Waals surface area contributed by atoms with Crippen molar-refractivity contribution in [1.29, 1.82) is 0 Å². The van der Waals surface area contributed by atoms with E-state index in [1.807, 2.05) is 0 Å². The van der Waals surface area contributed by atoms with E-state index in [4.69, 9.17) is 0 Å². The van der Waals surface area contributed by atoms with Gasteiger partial charge in [-0.25, -0.2) is 4.79 Å². The lowest BCUT2D eigenvalue weighted by Gasteiger charge is -2.43. The molecule has 0 spiro atoms. The lowest BCUT2D eigenvalue weighted by molar-refractivity contribution is 0.129. The van der Waals surface area contributed by atoms with Gasteiger partial charge in [0.1, 0.15) is 0 Å². The van der Waals surface area contributed by atoms with Crippen LogP contribution in [0.3, 0.4) is 0 Å². The van der Waals surface area contributed by atoms with Crippen LogP contribution in [0.25, 0.3) is 0 Å². The molecule has 1 aromatic carbocycles. The van der Waals surface area contributed by atoms with E-state index in [9.17, 15) is 4.79 Å². The number of hydrogen-bond acceptors (Lipinski definition) is 3. The van der Waals surface area contributed by atoms with Gasteiger partial charge in [-0.1, -0.05) is 24.3 Å². The lowest BCUT2D eigenvalue weighted by atomic mass is 9.77. The van der Waals surface area contributed by atoms with Crippen LogP contribution in [0.2, 0.25) is 0 Å². The molecule has 2 amide bonds. The Labute approximate surface area is 160 Å². The number of amides is 2. The summed E-state index contributed by atoms with van der Waals surface area (Å²) in [6.07, 6.45) is 3.96. The monoisotopic (exact) mass is 371 g/mol. The zero-order chi connectivity index (χ0) is 18.6. The van der Waals surface area contributed by atoms with Crippen LogP contribution in [-0.4, -0.2) is 43.2 Å². The van der Waals surface area contributed by atoms with E-state index in [1.165, 1.54) is 16.7 Å². The molecule has 1 aliphatic carbocycles.